The van der Waals surface area contributed by atoms with Gasteiger partial charge in [0.2, 0.25) is 0 Å². The van der Waals surface area contributed by atoms with Gasteiger partial charge < -0.3 is 14.9 Å². The van der Waals surface area contributed by atoms with E-state index >= 15 is 0 Å². The predicted molar refractivity (Wildman–Crippen MR) is 111 cm³/mol. The number of phenols is 1. The highest BCUT2D eigenvalue weighted by Crippen LogP contribution is 2.44. The summed E-state index contributed by atoms with van der Waals surface area (Å²) in [5.41, 5.74) is 4.85. The van der Waals surface area contributed by atoms with Crippen LogP contribution >= 0.6 is 0 Å². The van der Waals surface area contributed by atoms with Gasteiger partial charge in [0.1, 0.15) is 18.9 Å². The van der Waals surface area contributed by atoms with Crippen molar-refractivity contribution in [2.45, 2.75) is 12.5 Å². The molecule has 0 saturated carbocycles. The van der Waals surface area contributed by atoms with Crippen molar-refractivity contribution in [1.29, 1.82) is 0 Å². The number of para-hydroxylation sites is 1. The molecule has 1 aliphatic rings. The van der Waals surface area contributed by atoms with Crippen LogP contribution < -0.4 is 0 Å². The molecule has 6 nitrogen and oxygen atoms in total. The average Bonchev–Trinajstić information content (AvgIpc) is 3.06. The molecule has 6 heteroatoms. The average molecular weight is 403 g/mol. The summed E-state index contributed by atoms with van der Waals surface area (Å²) in [4.78, 5) is 25.1. The van der Waals surface area contributed by atoms with Gasteiger partial charge in [0.15, 0.2) is 0 Å². The number of carbonyl (C=O) groups is 2. The molecule has 1 aliphatic carbocycles. The molecule has 3 aromatic carbocycles. The minimum absolute atomic E-state index is 0.000614. The Morgan fingerprint density at radius 3 is 2.03 bits per heavy atom. The first kappa shape index (κ1) is 19.5. The van der Waals surface area contributed by atoms with Crippen LogP contribution in [0, 0.1) is 0 Å². The summed E-state index contributed by atoms with van der Waals surface area (Å²) >= 11 is 0. The van der Waals surface area contributed by atoms with Crippen molar-refractivity contribution in [3.63, 3.8) is 0 Å². The molecule has 0 aliphatic heterocycles. The van der Waals surface area contributed by atoms with Gasteiger partial charge >= 0.3 is 12.1 Å². The summed E-state index contributed by atoms with van der Waals surface area (Å²) < 4.78 is 5.56. The van der Waals surface area contributed by atoms with Crippen LogP contribution in [0.15, 0.2) is 72.8 Å². The first-order chi connectivity index (χ1) is 14.5. The van der Waals surface area contributed by atoms with Crippen LogP contribution in [-0.2, 0) is 16.1 Å². The quantitative estimate of drug-likeness (QED) is 0.643. The van der Waals surface area contributed by atoms with E-state index < -0.39 is 18.6 Å². The molecule has 0 fully saturated rings. The Labute approximate surface area is 174 Å². The number of carboxylic acid groups (broad SMARTS) is 1. The zero-order valence-corrected chi connectivity index (χ0v) is 16.2. The number of aromatic hydroxyl groups is 1. The molecule has 0 aromatic heterocycles. The molecular formula is C24H21NO5. The number of phenolic OH excluding ortho intramolecular Hbond substituents is 1. The van der Waals surface area contributed by atoms with E-state index in [0.717, 1.165) is 27.2 Å². The lowest BCUT2D eigenvalue weighted by Crippen LogP contribution is -2.36. The predicted octanol–water partition coefficient (Wildman–Crippen LogP) is 4.23. The third-order valence-corrected chi connectivity index (χ3v) is 5.27. The van der Waals surface area contributed by atoms with Gasteiger partial charge in [0, 0.05) is 11.5 Å². The lowest BCUT2D eigenvalue weighted by molar-refractivity contribution is -0.138. The molecule has 2 N–H and O–H groups in total. The number of carboxylic acids is 1. The number of carbonyl (C=O) groups excluding carboxylic acids is 1. The van der Waals surface area contributed by atoms with Crippen molar-refractivity contribution in [3.8, 4) is 16.9 Å². The van der Waals surface area contributed by atoms with E-state index in [1.54, 1.807) is 18.2 Å². The van der Waals surface area contributed by atoms with Gasteiger partial charge in [0.05, 0.1) is 6.54 Å². The molecule has 3 aromatic rings. The number of hydrogen-bond acceptors (Lipinski definition) is 4. The summed E-state index contributed by atoms with van der Waals surface area (Å²) in [6.45, 7) is -0.482. The topological polar surface area (TPSA) is 87.1 Å². The maximum absolute atomic E-state index is 12.7. The van der Waals surface area contributed by atoms with E-state index in [9.17, 15) is 19.8 Å². The highest BCUT2D eigenvalue weighted by atomic mass is 16.6. The standard InChI is InChI=1S/C24H21NO5/c26-22-12-6-1-7-16(22)13-25(14-23(27)28)24(29)30-15-21-19-10-4-2-8-17(19)18-9-3-5-11-20(18)21/h1-12,21,26H,13-15H2,(H,27,28). The van der Waals surface area contributed by atoms with Crippen LogP contribution in [0.2, 0.25) is 0 Å². The minimum atomic E-state index is -1.15. The van der Waals surface area contributed by atoms with E-state index in [1.165, 1.54) is 6.07 Å². The molecule has 0 radical (unpaired) electrons. The van der Waals surface area contributed by atoms with Crippen molar-refractivity contribution < 1.29 is 24.5 Å². The van der Waals surface area contributed by atoms with Gasteiger partial charge in [-0.2, -0.15) is 0 Å². The molecule has 0 heterocycles. The fraction of sp³-hybridized carbons (Fsp3) is 0.167. The highest BCUT2D eigenvalue weighted by molar-refractivity contribution is 5.79. The molecule has 0 bridgehead atoms. The molecule has 4 rings (SSSR count). The van der Waals surface area contributed by atoms with Crippen molar-refractivity contribution in [2.24, 2.45) is 0 Å². The van der Waals surface area contributed by atoms with Crippen LogP contribution in [0.25, 0.3) is 11.1 Å². The van der Waals surface area contributed by atoms with Gasteiger partial charge in [-0.3, -0.25) is 9.69 Å². The summed E-state index contributed by atoms with van der Waals surface area (Å²) in [5.74, 6) is -1.27. The molecule has 0 spiro atoms. The molecule has 0 atom stereocenters. The van der Waals surface area contributed by atoms with E-state index in [-0.39, 0.29) is 24.8 Å². The second-order valence-electron chi connectivity index (χ2n) is 7.18. The Kier molecular flexibility index (Phi) is 5.39. The third-order valence-electron chi connectivity index (χ3n) is 5.27. The molecule has 30 heavy (non-hydrogen) atoms. The maximum Gasteiger partial charge on any atom is 0.410 e. The minimum Gasteiger partial charge on any atom is -0.508 e. The number of fused-ring (bicyclic) bond motifs is 3. The Bertz CT molecular complexity index is 1050. The van der Waals surface area contributed by atoms with Crippen LogP contribution in [0.4, 0.5) is 4.79 Å². The second kappa shape index (κ2) is 8.29. The smallest absolute Gasteiger partial charge is 0.410 e. The normalized spacial score (nSPS) is 12.1. The first-order valence-corrected chi connectivity index (χ1v) is 9.63. The van der Waals surface area contributed by atoms with E-state index in [2.05, 4.69) is 0 Å². The molecule has 152 valence electrons. The van der Waals surface area contributed by atoms with Crippen molar-refractivity contribution in [3.05, 3.63) is 89.5 Å². The van der Waals surface area contributed by atoms with Crippen LogP contribution in [0.1, 0.15) is 22.6 Å². The zero-order chi connectivity index (χ0) is 21.1. The van der Waals surface area contributed by atoms with E-state index in [4.69, 9.17) is 4.74 Å². The summed E-state index contributed by atoms with van der Waals surface area (Å²) in [5, 5.41) is 19.2. The Morgan fingerprint density at radius 1 is 0.867 bits per heavy atom. The van der Waals surface area contributed by atoms with Crippen molar-refractivity contribution >= 4 is 12.1 Å². The number of benzene rings is 3. The van der Waals surface area contributed by atoms with E-state index in [1.807, 2.05) is 48.5 Å². The number of rotatable bonds is 6. The molecule has 0 unspecified atom stereocenters. The lowest BCUT2D eigenvalue weighted by Gasteiger charge is -2.22. The fourth-order valence-electron chi connectivity index (χ4n) is 3.88. The fourth-order valence-corrected chi connectivity index (χ4v) is 3.88. The number of aliphatic carboxylic acids is 1. The van der Waals surface area contributed by atoms with Gasteiger partial charge in [0.25, 0.3) is 0 Å². The van der Waals surface area contributed by atoms with Crippen LogP contribution in [0.5, 0.6) is 5.75 Å². The van der Waals surface area contributed by atoms with Crippen molar-refractivity contribution in [2.75, 3.05) is 13.2 Å². The first-order valence-electron chi connectivity index (χ1n) is 9.63. The number of hydrogen-bond donors (Lipinski definition) is 2. The number of ether oxygens (including phenoxy) is 1. The number of nitrogens with zero attached hydrogens (tertiary/aromatic N) is 1. The summed E-state index contributed by atoms with van der Waals surface area (Å²) in [6, 6.07) is 22.5. The molecule has 0 saturated heterocycles. The molecule has 1 amide bonds. The van der Waals surface area contributed by atoms with Crippen LogP contribution in [0.3, 0.4) is 0 Å². The van der Waals surface area contributed by atoms with E-state index in [0.29, 0.717) is 5.56 Å². The Morgan fingerprint density at radius 2 is 1.43 bits per heavy atom. The summed E-state index contributed by atoms with van der Waals surface area (Å²) in [6.07, 6.45) is -0.734. The number of amides is 1. The Hall–Kier alpha value is -3.80. The SMILES string of the molecule is O=C(O)CN(Cc1ccccc1O)C(=O)OCC1c2ccccc2-c2ccccc21. The second-order valence-corrected chi connectivity index (χ2v) is 7.18. The monoisotopic (exact) mass is 403 g/mol. The van der Waals surface area contributed by atoms with Crippen molar-refractivity contribution in [1.82, 2.24) is 4.90 Å². The van der Waals surface area contributed by atoms with Crippen LogP contribution in [-0.4, -0.2) is 40.3 Å². The Balaban J connectivity index is 1.52. The summed E-state index contributed by atoms with van der Waals surface area (Å²) in [7, 11) is 0. The van der Waals surface area contributed by atoms with Gasteiger partial charge in [-0.1, -0.05) is 66.7 Å². The van der Waals surface area contributed by atoms with Gasteiger partial charge in [-0.15, -0.1) is 0 Å². The highest BCUT2D eigenvalue weighted by Gasteiger charge is 2.30. The largest absolute Gasteiger partial charge is 0.508 e. The van der Waals surface area contributed by atoms with Gasteiger partial charge in [-0.25, -0.2) is 4.79 Å². The maximum atomic E-state index is 12.7. The zero-order valence-electron chi connectivity index (χ0n) is 16.2. The lowest BCUT2D eigenvalue weighted by atomic mass is 9.98. The third kappa shape index (κ3) is 3.85. The van der Waals surface area contributed by atoms with Gasteiger partial charge in [-0.05, 0) is 28.3 Å². The molecular weight excluding hydrogens is 382 g/mol.